The summed E-state index contributed by atoms with van der Waals surface area (Å²) in [6, 6.07) is 0.683. The molecule has 0 aromatic carbocycles. The topological polar surface area (TPSA) is 41.5 Å². The van der Waals surface area contributed by atoms with E-state index in [0.717, 1.165) is 26.1 Å². The van der Waals surface area contributed by atoms with E-state index in [2.05, 4.69) is 19.2 Å². The van der Waals surface area contributed by atoms with Gasteiger partial charge in [-0.15, -0.1) is 0 Å². The third-order valence-corrected chi connectivity index (χ3v) is 2.91. The number of aliphatic hydroxyl groups excluding tert-OH is 1. The van der Waals surface area contributed by atoms with Gasteiger partial charge in [-0.3, -0.25) is 0 Å². The van der Waals surface area contributed by atoms with Gasteiger partial charge in [-0.05, 0) is 12.3 Å². The van der Waals surface area contributed by atoms with Crippen molar-refractivity contribution in [3.8, 4) is 0 Å². The summed E-state index contributed by atoms with van der Waals surface area (Å²) in [6.45, 7) is 6.21. The van der Waals surface area contributed by atoms with Crippen molar-refractivity contribution in [3.05, 3.63) is 0 Å². The highest BCUT2D eigenvalue weighted by molar-refractivity contribution is 4.79. The molecule has 2 N–H and O–H groups in total. The number of hydrogen-bond acceptors (Lipinski definition) is 3. The number of aliphatic hydroxyl groups is 1. The minimum atomic E-state index is 0.228. The molecule has 3 unspecified atom stereocenters. The zero-order valence-electron chi connectivity index (χ0n) is 8.62. The summed E-state index contributed by atoms with van der Waals surface area (Å²) >= 11 is 0. The first-order valence-corrected chi connectivity index (χ1v) is 5.22. The van der Waals surface area contributed by atoms with Gasteiger partial charge in [0, 0.05) is 18.7 Å². The minimum Gasteiger partial charge on any atom is -0.395 e. The van der Waals surface area contributed by atoms with Gasteiger partial charge in [0.25, 0.3) is 0 Å². The van der Waals surface area contributed by atoms with Crippen molar-refractivity contribution in [2.45, 2.75) is 38.8 Å². The van der Waals surface area contributed by atoms with E-state index in [-0.39, 0.29) is 12.6 Å². The third-order valence-electron chi connectivity index (χ3n) is 2.91. The van der Waals surface area contributed by atoms with E-state index in [1.54, 1.807) is 0 Å². The van der Waals surface area contributed by atoms with Gasteiger partial charge < -0.3 is 15.2 Å². The maximum absolute atomic E-state index is 9.18. The first kappa shape index (κ1) is 11.0. The van der Waals surface area contributed by atoms with Crippen molar-refractivity contribution >= 4 is 0 Å². The average molecular weight is 187 g/mol. The Hall–Kier alpha value is -0.120. The van der Waals surface area contributed by atoms with Gasteiger partial charge in [-0.25, -0.2) is 0 Å². The second-order valence-electron chi connectivity index (χ2n) is 3.90. The molecular formula is C10H21NO2. The van der Waals surface area contributed by atoms with Crippen LogP contribution in [0.2, 0.25) is 0 Å². The quantitative estimate of drug-likeness (QED) is 0.668. The predicted octanol–water partition coefficient (Wildman–Crippen LogP) is 0.772. The van der Waals surface area contributed by atoms with E-state index in [1.165, 1.54) is 0 Å². The largest absolute Gasteiger partial charge is 0.395 e. The van der Waals surface area contributed by atoms with Crippen molar-refractivity contribution in [1.29, 1.82) is 0 Å². The molecule has 3 atom stereocenters. The smallest absolute Gasteiger partial charge is 0.0620 e. The SMILES string of the molecule is CCC(C)C(CO)NC1CCOC1. The second-order valence-corrected chi connectivity index (χ2v) is 3.90. The average Bonchev–Trinajstić information content (AvgIpc) is 2.65. The Morgan fingerprint density at radius 1 is 1.62 bits per heavy atom. The van der Waals surface area contributed by atoms with E-state index in [1.807, 2.05) is 0 Å². The summed E-state index contributed by atoms with van der Waals surface area (Å²) in [5.74, 6) is 0.533. The van der Waals surface area contributed by atoms with Gasteiger partial charge in [-0.1, -0.05) is 20.3 Å². The molecule has 3 heteroatoms. The number of ether oxygens (including phenoxy) is 1. The zero-order valence-corrected chi connectivity index (χ0v) is 8.62. The first-order valence-electron chi connectivity index (χ1n) is 5.22. The monoisotopic (exact) mass is 187 g/mol. The van der Waals surface area contributed by atoms with E-state index < -0.39 is 0 Å². The Morgan fingerprint density at radius 2 is 2.38 bits per heavy atom. The van der Waals surface area contributed by atoms with E-state index in [0.29, 0.717) is 12.0 Å². The summed E-state index contributed by atoms with van der Waals surface area (Å²) in [5.41, 5.74) is 0. The molecule has 0 radical (unpaired) electrons. The van der Waals surface area contributed by atoms with Crippen LogP contribution < -0.4 is 5.32 Å². The van der Waals surface area contributed by atoms with Crippen molar-refractivity contribution in [2.24, 2.45) is 5.92 Å². The molecule has 0 aromatic heterocycles. The minimum absolute atomic E-state index is 0.228. The van der Waals surface area contributed by atoms with Crippen LogP contribution in [0.25, 0.3) is 0 Å². The molecule has 78 valence electrons. The molecule has 3 nitrogen and oxygen atoms in total. The lowest BCUT2D eigenvalue weighted by Crippen LogP contribution is -2.44. The molecule has 1 fully saturated rings. The summed E-state index contributed by atoms with van der Waals surface area (Å²) in [5, 5.41) is 12.6. The maximum Gasteiger partial charge on any atom is 0.0620 e. The fraction of sp³-hybridized carbons (Fsp3) is 1.00. The molecule has 0 bridgehead atoms. The van der Waals surface area contributed by atoms with E-state index >= 15 is 0 Å². The van der Waals surface area contributed by atoms with Gasteiger partial charge in [0.1, 0.15) is 0 Å². The molecule has 0 saturated carbocycles. The Bertz CT molecular complexity index is 135. The highest BCUT2D eigenvalue weighted by Crippen LogP contribution is 2.11. The molecule has 1 aliphatic heterocycles. The fourth-order valence-corrected chi connectivity index (χ4v) is 1.65. The zero-order chi connectivity index (χ0) is 9.68. The molecule has 0 aromatic rings. The molecule has 1 rings (SSSR count). The van der Waals surface area contributed by atoms with Crippen LogP contribution in [-0.4, -0.2) is 37.0 Å². The van der Waals surface area contributed by atoms with E-state index in [4.69, 9.17) is 4.74 Å². The molecule has 0 amide bonds. The fourth-order valence-electron chi connectivity index (χ4n) is 1.65. The van der Waals surface area contributed by atoms with Gasteiger partial charge in [0.2, 0.25) is 0 Å². The molecule has 1 saturated heterocycles. The van der Waals surface area contributed by atoms with Crippen LogP contribution in [0.15, 0.2) is 0 Å². The lowest BCUT2D eigenvalue weighted by molar-refractivity contribution is 0.166. The van der Waals surface area contributed by atoms with Crippen LogP contribution in [0.5, 0.6) is 0 Å². The van der Waals surface area contributed by atoms with Crippen LogP contribution in [0.3, 0.4) is 0 Å². The lowest BCUT2D eigenvalue weighted by Gasteiger charge is -2.25. The molecule has 0 aliphatic carbocycles. The summed E-state index contributed by atoms with van der Waals surface area (Å²) in [7, 11) is 0. The molecule has 1 aliphatic rings. The number of hydrogen-bond donors (Lipinski definition) is 2. The van der Waals surface area contributed by atoms with Crippen LogP contribution >= 0.6 is 0 Å². The van der Waals surface area contributed by atoms with Gasteiger partial charge >= 0.3 is 0 Å². The van der Waals surface area contributed by atoms with Crippen molar-refractivity contribution in [1.82, 2.24) is 5.32 Å². The van der Waals surface area contributed by atoms with E-state index in [9.17, 15) is 5.11 Å². The van der Waals surface area contributed by atoms with Gasteiger partial charge in [-0.2, -0.15) is 0 Å². The second kappa shape index (κ2) is 5.58. The highest BCUT2D eigenvalue weighted by Gasteiger charge is 2.21. The molecular weight excluding hydrogens is 166 g/mol. The summed E-state index contributed by atoms with van der Waals surface area (Å²) in [4.78, 5) is 0. The maximum atomic E-state index is 9.18. The van der Waals surface area contributed by atoms with Crippen LogP contribution in [-0.2, 0) is 4.74 Å². The molecule has 13 heavy (non-hydrogen) atoms. The Kier molecular flexibility index (Phi) is 4.70. The third kappa shape index (κ3) is 3.25. The Morgan fingerprint density at radius 3 is 2.85 bits per heavy atom. The lowest BCUT2D eigenvalue weighted by atomic mass is 9.99. The van der Waals surface area contributed by atoms with Gasteiger partial charge in [0.05, 0.1) is 13.2 Å². The van der Waals surface area contributed by atoms with Crippen LogP contribution in [0, 0.1) is 5.92 Å². The standard InChI is InChI=1S/C10H21NO2/c1-3-8(2)10(6-12)11-9-4-5-13-7-9/h8-12H,3-7H2,1-2H3. The van der Waals surface area contributed by atoms with Crippen molar-refractivity contribution in [3.63, 3.8) is 0 Å². The molecule has 1 heterocycles. The van der Waals surface area contributed by atoms with Crippen LogP contribution in [0.4, 0.5) is 0 Å². The van der Waals surface area contributed by atoms with Crippen molar-refractivity contribution < 1.29 is 9.84 Å². The summed E-state index contributed by atoms with van der Waals surface area (Å²) < 4.78 is 5.27. The summed E-state index contributed by atoms with van der Waals surface area (Å²) in [6.07, 6.45) is 2.18. The highest BCUT2D eigenvalue weighted by atomic mass is 16.5. The molecule has 0 spiro atoms. The normalized spacial score (nSPS) is 27.5. The number of rotatable bonds is 5. The first-order chi connectivity index (χ1) is 6.27. The number of nitrogens with one attached hydrogen (secondary N) is 1. The van der Waals surface area contributed by atoms with Crippen LogP contribution in [0.1, 0.15) is 26.7 Å². The van der Waals surface area contributed by atoms with Gasteiger partial charge in [0.15, 0.2) is 0 Å². The predicted molar refractivity (Wildman–Crippen MR) is 52.7 cm³/mol. The Balaban J connectivity index is 2.29. The van der Waals surface area contributed by atoms with Crippen molar-refractivity contribution in [2.75, 3.05) is 19.8 Å². The Labute approximate surface area is 80.5 Å².